The Morgan fingerprint density at radius 1 is 1.11 bits per heavy atom. The zero-order valence-electron chi connectivity index (χ0n) is 16.7. The number of nitrogens with zero attached hydrogens (tertiary/aromatic N) is 4. The summed E-state index contributed by atoms with van der Waals surface area (Å²) in [6.07, 6.45) is 2.87. The van der Waals surface area contributed by atoms with E-state index in [-0.39, 0.29) is 11.9 Å². The van der Waals surface area contributed by atoms with Gasteiger partial charge in [-0.25, -0.2) is 0 Å². The third-order valence-corrected chi connectivity index (χ3v) is 5.29. The maximum absolute atomic E-state index is 12.4. The fourth-order valence-corrected chi connectivity index (χ4v) is 3.45. The molecule has 1 amide bonds. The molecule has 0 spiro atoms. The van der Waals surface area contributed by atoms with E-state index in [1.807, 2.05) is 13.0 Å². The van der Waals surface area contributed by atoms with Crippen LogP contribution in [0.3, 0.4) is 0 Å². The summed E-state index contributed by atoms with van der Waals surface area (Å²) in [5.74, 6) is 2.71. The molecule has 146 valence electrons. The molecule has 1 aliphatic heterocycles. The van der Waals surface area contributed by atoms with Gasteiger partial charge in [-0.1, -0.05) is 44.2 Å². The molecule has 0 saturated carbocycles. The van der Waals surface area contributed by atoms with Crippen molar-refractivity contribution in [2.75, 3.05) is 13.1 Å². The van der Waals surface area contributed by atoms with Crippen LogP contribution in [0.5, 0.6) is 0 Å². The zero-order valence-corrected chi connectivity index (χ0v) is 16.7. The first-order valence-corrected chi connectivity index (χ1v) is 10.0. The van der Waals surface area contributed by atoms with Crippen molar-refractivity contribution in [3.63, 3.8) is 0 Å². The zero-order chi connectivity index (χ0) is 19.2. The third-order valence-electron chi connectivity index (χ3n) is 5.29. The number of carbonyl (C=O) groups is 1. The van der Waals surface area contributed by atoms with E-state index in [0.29, 0.717) is 12.5 Å². The van der Waals surface area contributed by atoms with Crippen LogP contribution < -0.4 is 5.32 Å². The number of benzene rings is 1. The quantitative estimate of drug-likeness (QED) is 0.776. The Morgan fingerprint density at radius 2 is 1.89 bits per heavy atom. The minimum atomic E-state index is -0.143. The Morgan fingerprint density at radius 3 is 2.63 bits per heavy atom. The number of hydrogen-bond acceptors (Lipinski definition) is 4. The van der Waals surface area contributed by atoms with Crippen LogP contribution in [-0.4, -0.2) is 44.7 Å². The van der Waals surface area contributed by atoms with Gasteiger partial charge in [0.2, 0.25) is 5.91 Å². The van der Waals surface area contributed by atoms with Crippen molar-refractivity contribution >= 4 is 5.91 Å². The van der Waals surface area contributed by atoms with Crippen LogP contribution in [0, 0.1) is 5.92 Å². The average molecular weight is 370 g/mol. The molecule has 6 nitrogen and oxygen atoms in total. The number of aryl methyl sites for hydroxylation is 2. The first-order chi connectivity index (χ1) is 13.0. The predicted molar refractivity (Wildman–Crippen MR) is 106 cm³/mol. The Balaban J connectivity index is 1.54. The van der Waals surface area contributed by atoms with Crippen molar-refractivity contribution < 1.29 is 4.79 Å². The number of carbonyl (C=O) groups excluding carboxylic acids is 1. The monoisotopic (exact) mass is 369 g/mol. The molecule has 0 aliphatic carbocycles. The topological polar surface area (TPSA) is 63.1 Å². The van der Waals surface area contributed by atoms with Gasteiger partial charge in [-0.2, -0.15) is 0 Å². The second-order valence-corrected chi connectivity index (χ2v) is 7.79. The van der Waals surface area contributed by atoms with Crippen LogP contribution in [-0.2, 0) is 30.7 Å². The molecule has 3 rings (SSSR count). The fourth-order valence-electron chi connectivity index (χ4n) is 3.45. The smallest absolute Gasteiger partial charge is 0.237 e. The highest BCUT2D eigenvalue weighted by molar-refractivity contribution is 5.81. The largest absolute Gasteiger partial charge is 0.355 e. The molecule has 1 N–H and O–H groups in total. The van der Waals surface area contributed by atoms with Gasteiger partial charge in [0.05, 0.1) is 12.6 Å². The number of fused-ring (bicyclic) bond motifs is 1. The molecule has 1 atom stereocenters. The van der Waals surface area contributed by atoms with E-state index in [0.717, 1.165) is 50.5 Å². The number of hydrogen-bond donors (Lipinski definition) is 1. The maximum Gasteiger partial charge on any atom is 0.237 e. The van der Waals surface area contributed by atoms with E-state index in [1.54, 1.807) is 0 Å². The minimum Gasteiger partial charge on any atom is -0.355 e. The fraction of sp³-hybridized carbons (Fsp3) is 0.571. The molecule has 0 saturated heterocycles. The van der Waals surface area contributed by atoms with Gasteiger partial charge in [0, 0.05) is 26.1 Å². The maximum atomic E-state index is 12.4. The summed E-state index contributed by atoms with van der Waals surface area (Å²) in [5.41, 5.74) is 1.32. The van der Waals surface area contributed by atoms with Crippen molar-refractivity contribution in [1.82, 2.24) is 25.0 Å². The summed E-state index contributed by atoms with van der Waals surface area (Å²) in [7, 11) is 0. The second-order valence-electron chi connectivity index (χ2n) is 7.79. The van der Waals surface area contributed by atoms with Crippen LogP contribution in [0.1, 0.15) is 44.4 Å². The van der Waals surface area contributed by atoms with E-state index in [4.69, 9.17) is 0 Å². The molecule has 0 fully saturated rings. The highest BCUT2D eigenvalue weighted by Gasteiger charge is 2.27. The second kappa shape index (κ2) is 9.13. The number of nitrogens with one attached hydrogen (secondary N) is 1. The van der Waals surface area contributed by atoms with Gasteiger partial charge in [-0.3, -0.25) is 9.69 Å². The molecular formula is C21H31N5O. The van der Waals surface area contributed by atoms with Crippen LogP contribution in [0.4, 0.5) is 0 Å². The Kier molecular flexibility index (Phi) is 6.61. The van der Waals surface area contributed by atoms with Gasteiger partial charge >= 0.3 is 0 Å². The average Bonchev–Trinajstić information content (AvgIpc) is 3.08. The van der Waals surface area contributed by atoms with Crippen LogP contribution in [0.25, 0.3) is 0 Å². The van der Waals surface area contributed by atoms with Crippen LogP contribution in [0.2, 0.25) is 0 Å². The lowest BCUT2D eigenvalue weighted by molar-refractivity contribution is -0.126. The number of rotatable bonds is 8. The molecule has 0 radical (unpaired) electrons. The van der Waals surface area contributed by atoms with Crippen molar-refractivity contribution in [2.45, 2.75) is 59.2 Å². The van der Waals surface area contributed by atoms with E-state index in [9.17, 15) is 4.79 Å². The Labute approximate surface area is 162 Å². The van der Waals surface area contributed by atoms with Crippen LogP contribution >= 0.6 is 0 Å². The first-order valence-electron chi connectivity index (χ1n) is 10.0. The van der Waals surface area contributed by atoms with Crippen molar-refractivity contribution in [2.24, 2.45) is 5.92 Å². The first kappa shape index (κ1) is 19.5. The van der Waals surface area contributed by atoms with Gasteiger partial charge in [-0.15, -0.1) is 10.2 Å². The molecule has 2 aromatic rings. The molecule has 6 heteroatoms. The van der Waals surface area contributed by atoms with Crippen molar-refractivity contribution in [3.05, 3.63) is 47.5 Å². The highest BCUT2D eigenvalue weighted by Crippen LogP contribution is 2.16. The summed E-state index contributed by atoms with van der Waals surface area (Å²) >= 11 is 0. The molecule has 1 aromatic heterocycles. The molecule has 0 bridgehead atoms. The van der Waals surface area contributed by atoms with E-state index >= 15 is 0 Å². The van der Waals surface area contributed by atoms with Gasteiger partial charge in [0.15, 0.2) is 0 Å². The summed E-state index contributed by atoms with van der Waals surface area (Å²) in [6, 6.07) is 10.3. The van der Waals surface area contributed by atoms with Crippen LogP contribution in [0.15, 0.2) is 30.3 Å². The predicted octanol–water partition coefficient (Wildman–Crippen LogP) is 2.43. The normalized spacial score (nSPS) is 15.6. The molecule has 1 aliphatic rings. The SMILES string of the molecule is CC(C)CCNC(=O)[C@H](C)N1CCn2c(CCc3ccccc3)nnc2C1. The van der Waals surface area contributed by atoms with Crippen molar-refractivity contribution in [3.8, 4) is 0 Å². The van der Waals surface area contributed by atoms with Gasteiger partial charge in [-0.05, 0) is 31.2 Å². The molecule has 27 heavy (non-hydrogen) atoms. The Hall–Kier alpha value is -2.21. The molecule has 1 aromatic carbocycles. The summed E-state index contributed by atoms with van der Waals surface area (Å²) in [6.45, 7) is 9.43. The van der Waals surface area contributed by atoms with E-state index in [2.05, 4.69) is 63.1 Å². The molecule has 2 heterocycles. The Bertz CT molecular complexity index is 740. The number of amides is 1. The molecular weight excluding hydrogens is 338 g/mol. The van der Waals surface area contributed by atoms with E-state index in [1.165, 1.54) is 5.56 Å². The summed E-state index contributed by atoms with van der Waals surface area (Å²) < 4.78 is 2.23. The lowest BCUT2D eigenvalue weighted by Crippen LogP contribution is -2.48. The minimum absolute atomic E-state index is 0.105. The molecule has 0 unspecified atom stereocenters. The summed E-state index contributed by atoms with van der Waals surface area (Å²) in [5, 5.41) is 11.8. The van der Waals surface area contributed by atoms with Gasteiger partial charge < -0.3 is 9.88 Å². The number of aromatic nitrogens is 3. The lowest BCUT2D eigenvalue weighted by Gasteiger charge is -2.32. The third kappa shape index (κ3) is 5.16. The summed E-state index contributed by atoms with van der Waals surface area (Å²) in [4.78, 5) is 14.6. The lowest BCUT2D eigenvalue weighted by atomic mass is 10.1. The standard InChI is InChI=1S/C21H31N5O/c1-16(2)11-12-22-21(27)17(3)25-13-14-26-19(23-24-20(26)15-25)10-9-18-7-5-4-6-8-18/h4-8,16-17H,9-15H2,1-3H3,(H,22,27)/t17-/m0/s1. The van der Waals surface area contributed by atoms with Gasteiger partial charge in [0.25, 0.3) is 0 Å². The van der Waals surface area contributed by atoms with Gasteiger partial charge in [0.1, 0.15) is 11.6 Å². The van der Waals surface area contributed by atoms with Crippen molar-refractivity contribution in [1.29, 1.82) is 0 Å². The highest BCUT2D eigenvalue weighted by atomic mass is 16.2. The van der Waals surface area contributed by atoms with E-state index < -0.39 is 0 Å².